The fraction of sp³-hybridized carbons (Fsp3) is 0.312. The summed E-state index contributed by atoms with van der Waals surface area (Å²) in [5.74, 6) is 2.37. The number of carbonyl (C=O) groups excluding carboxylic acids is 1. The molecule has 0 spiro atoms. The number of amides is 1. The fourth-order valence-electron chi connectivity index (χ4n) is 1.89. The molecule has 1 heterocycles. The molecule has 0 aliphatic rings. The van der Waals surface area contributed by atoms with Crippen molar-refractivity contribution in [3.63, 3.8) is 0 Å². The van der Waals surface area contributed by atoms with Gasteiger partial charge in [0.1, 0.15) is 0 Å². The predicted molar refractivity (Wildman–Crippen MR) is 98.3 cm³/mol. The third-order valence-corrected chi connectivity index (χ3v) is 5.25. The average molecular weight is 372 g/mol. The van der Waals surface area contributed by atoms with Gasteiger partial charge in [0.15, 0.2) is 11.5 Å². The molecule has 0 aliphatic carbocycles. The van der Waals surface area contributed by atoms with Crippen LogP contribution in [0.4, 0.5) is 5.69 Å². The Kier molecular flexibility index (Phi) is 7.08. The number of methoxy groups -OCH3 is 1. The van der Waals surface area contributed by atoms with Gasteiger partial charge in [-0.25, -0.2) is 0 Å². The highest BCUT2D eigenvalue weighted by Gasteiger charge is 2.08. The highest BCUT2D eigenvalue weighted by molar-refractivity contribution is 7.99. The molecule has 2 rings (SSSR count). The molecule has 23 heavy (non-hydrogen) atoms. The summed E-state index contributed by atoms with van der Waals surface area (Å²) >= 11 is 8.97. The number of thiophene rings is 1. The van der Waals surface area contributed by atoms with Crippen molar-refractivity contribution in [2.24, 2.45) is 0 Å². The lowest BCUT2D eigenvalue weighted by Crippen LogP contribution is -2.14. The molecule has 1 amide bonds. The monoisotopic (exact) mass is 371 g/mol. The third-order valence-electron chi connectivity index (χ3n) is 2.85. The summed E-state index contributed by atoms with van der Waals surface area (Å²) in [6.07, 6.45) is 0. The van der Waals surface area contributed by atoms with Gasteiger partial charge in [-0.3, -0.25) is 4.79 Å². The van der Waals surface area contributed by atoms with Crippen LogP contribution < -0.4 is 14.8 Å². The van der Waals surface area contributed by atoms with Gasteiger partial charge in [-0.2, -0.15) is 0 Å². The number of hydrogen-bond acceptors (Lipinski definition) is 5. The minimum atomic E-state index is -0.0520. The van der Waals surface area contributed by atoms with Gasteiger partial charge >= 0.3 is 0 Å². The first-order valence-electron chi connectivity index (χ1n) is 7.05. The summed E-state index contributed by atoms with van der Waals surface area (Å²) in [4.78, 5) is 13.2. The van der Waals surface area contributed by atoms with E-state index in [0.717, 1.165) is 15.0 Å². The maximum atomic E-state index is 12.0. The highest BCUT2D eigenvalue weighted by atomic mass is 35.5. The number of hydrogen-bond donors (Lipinski definition) is 1. The summed E-state index contributed by atoms with van der Waals surface area (Å²) in [6, 6.07) is 9.20. The fourth-order valence-corrected chi connectivity index (χ4v) is 3.92. The van der Waals surface area contributed by atoms with Gasteiger partial charge < -0.3 is 14.8 Å². The van der Waals surface area contributed by atoms with Gasteiger partial charge in [-0.1, -0.05) is 11.6 Å². The van der Waals surface area contributed by atoms with E-state index in [1.165, 1.54) is 11.3 Å². The second kappa shape index (κ2) is 9.05. The molecule has 1 aromatic heterocycles. The topological polar surface area (TPSA) is 47.6 Å². The highest BCUT2D eigenvalue weighted by Crippen LogP contribution is 2.30. The van der Waals surface area contributed by atoms with Crippen LogP contribution in [0.1, 0.15) is 11.8 Å². The molecule has 1 N–H and O–H groups in total. The van der Waals surface area contributed by atoms with Crippen LogP contribution in [-0.4, -0.2) is 25.4 Å². The molecule has 0 radical (unpaired) electrons. The zero-order chi connectivity index (χ0) is 16.7. The van der Waals surface area contributed by atoms with Crippen molar-refractivity contribution in [3.05, 3.63) is 39.5 Å². The number of rotatable bonds is 8. The largest absolute Gasteiger partial charge is 0.493 e. The number of carbonyl (C=O) groups is 1. The van der Waals surface area contributed by atoms with Crippen LogP contribution in [-0.2, 0) is 10.5 Å². The van der Waals surface area contributed by atoms with E-state index in [1.54, 1.807) is 37.1 Å². The molecule has 4 nitrogen and oxygen atoms in total. The molecule has 0 atom stereocenters. The van der Waals surface area contributed by atoms with Crippen molar-refractivity contribution < 1.29 is 14.3 Å². The second-order valence-electron chi connectivity index (χ2n) is 4.55. The molecule has 0 saturated carbocycles. The molecule has 0 bridgehead atoms. The molecule has 0 unspecified atom stereocenters. The number of nitrogens with one attached hydrogen (secondary N) is 1. The van der Waals surface area contributed by atoms with Gasteiger partial charge in [-0.05, 0) is 31.2 Å². The van der Waals surface area contributed by atoms with E-state index in [1.807, 2.05) is 19.1 Å². The van der Waals surface area contributed by atoms with E-state index < -0.39 is 0 Å². The maximum absolute atomic E-state index is 12.0. The van der Waals surface area contributed by atoms with Crippen LogP contribution in [0.2, 0.25) is 4.34 Å². The van der Waals surface area contributed by atoms with Crippen molar-refractivity contribution in [2.45, 2.75) is 12.7 Å². The van der Waals surface area contributed by atoms with Gasteiger partial charge in [-0.15, -0.1) is 23.1 Å². The van der Waals surface area contributed by atoms with Crippen molar-refractivity contribution in [1.29, 1.82) is 0 Å². The number of halogens is 1. The number of thioether (sulfide) groups is 1. The SMILES string of the molecule is CCOc1ccc(NC(=O)CSCc2ccc(Cl)s2)cc1OC. The Bertz CT molecular complexity index is 661. The van der Waals surface area contributed by atoms with Crippen LogP contribution in [0, 0.1) is 0 Å². The summed E-state index contributed by atoms with van der Waals surface area (Å²) in [7, 11) is 1.57. The first kappa shape index (κ1) is 18.0. The Hall–Kier alpha value is -1.37. The van der Waals surface area contributed by atoms with E-state index in [0.29, 0.717) is 29.5 Å². The van der Waals surface area contributed by atoms with E-state index >= 15 is 0 Å². The van der Waals surface area contributed by atoms with Gasteiger partial charge in [0, 0.05) is 22.4 Å². The summed E-state index contributed by atoms with van der Waals surface area (Å²) in [5, 5.41) is 2.86. The molecule has 0 fully saturated rings. The minimum absolute atomic E-state index is 0.0520. The molecule has 0 aliphatic heterocycles. The van der Waals surface area contributed by atoms with Crippen LogP contribution in [0.25, 0.3) is 0 Å². The molecular formula is C16H18ClNO3S2. The molecule has 0 saturated heterocycles. The first-order valence-corrected chi connectivity index (χ1v) is 9.40. The molecule has 2 aromatic rings. The smallest absolute Gasteiger partial charge is 0.234 e. The molecule has 7 heteroatoms. The Morgan fingerprint density at radius 3 is 2.78 bits per heavy atom. The number of anilines is 1. The normalized spacial score (nSPS) is 10.4. The zero-order valence-corrected chi connectivity index (χ0v) is 15.3. The van der Waals surface area contributed by atoms with Crippen molar-refractivity contribution in [1.82, 2.24) is 0 Å². The summed E-state index contributed by atoms with van der Waals surface area (Å²) in [6.45, 7) is 2.47. The Morgan fingerprint density at radius 2 is 2.13 bits per heavy atom. The second-order valence-corrected chi connectivity index (χ2v) is 7.33. The zero-order valence-electron chi connectivity index (χ0n) is 12.9. The Labute approximate surface area is 149 Å². The Balaban J connectivity index is 1.84. The first-order chi connectivity index (χ1) is 11.1. The standard InChI is InChI=1S/C16H18ClNO3S2/c1-3-21-13-6-4-11(8-14(13)20-2)18-16(19)10-22-9-12-5-7-15(17)23-12/h4-8H,3,9-10H2,1-2H3,(H,18,19). The molecule has 1 aromatic carbocycles. The van der Waals surface area contributed by atoms with Crippen molar-refractivity contribution in [2.75, 3.05) is 24.8 Å². The van der Waals surface area contributed by atoms with Crippen LogP contribution in [0.5, 0.6) is 11.5 Å². The van der Waals surface area contributed by atoms with Crippen LogP contribution in [0.3, 0.4) is 0 Å². The van der Waals surface area contributed by atoms with Crippen LogP contribution >= 0.6 is 34.7 Å². The van der Waals surface area contributed by atoms with Crippen molar-refractivity contribution >= 4 is 46.3 Å². The predicted octanol–water partition coefficient (Wildman–Crippen LogP) is 4.68. The van der Waals surface area contributed by atoms with Crippen molar-refractivity contribution in [3.8, 4) is 11.5 Å². The van der Waals surface area contributed by atoms with E-state index in [9.17, 15) is 4.79 Å². The lowest BCUT2D eigenvalue weighted by atomic mass is 10.2. The van der Waals surface area contributed by atoms with Gasteiger partial charge in [0.05, 0.1) is 23.8 Å². The lowest BCUT2D eigenvalue weighted by Gasteiger charge is -2.11. The third kappa shape index (κ3) is 5.64. The van der Waals surface area contributed by atoms with Gasteiger partial charge in [0.25, 0.3) is 0 Å². The lowest BCUT2D eigenvalue weighted by molar-refractivity contribution is -0.113. The molecule has 124 valence electrons. The minimum Gasteiger partial charge on any atom is -0.493 e. The van der Waals surface area contributed by atoms with E-state index in [2.05, 4.69) is 5.32 Å². The Morgan fingerprint density at radius 1 is 1.30 bits per heavy atom. The summed E-state index contributed by atoms with van der Waals surface area (Å²) in [5.41, 5.74) is 0.690. The number of ether oxygens (including phenoxy) is 2. The quantitative estimate of drug-likeness (QED) is 0.731. The van der Waals surface area contributed by atoms with Crippen LogP contribution in [0.15, 0.2) is 30.3 Å². The average Bonchev–Trinajstić information content (AvgIpc) is 2.94. The van der Waals surface area contributed by atoms with E-state index in [4.69, 9.17) is 21.1 Å². The summed E-state index contributed by atoms with van der Waals surface area (Å²) < 4.78 is 11.5. The van der Waals surface area contributed by atoms with E-state index in [-0.39, 0.29) is 5.91 Å². The number of benzene rings is 1. The maximum Gasteiger partial charge on any atom is 0.234 e. The van der Waals surface area contributed by atoms with Gasteiger partial charge in [0.2, 0.25) is 5.91 Å². The molecular weight excluding hydrogens is 354 g/mol.